The molecular weight excluding hydrogens is 159 g/mol. The number of ether oxygens (including phenoxy) is 1. The van der Waals surface area contributed by atoms with Crippen molar-refractivity contribution in [2.75, 3.05) is 40.0 Å². The summed E-state index contributed by atoms with van der Waals surface area (Å²) in [7, 11) is 1.61. The van der Waals surface area contributed by atoms with Crippen molar-refractivity contribution in [3.8, 4) is 6.07 Å². The van der Waals surface area contributed by atoms with Crippen molar-refractivity contribution in [2.45, 2.75) is 6.42 Å². The number of methoxy groups -OCH3 is 1. The van der Waals surface area contributed by atoms with Crippen molar-refractivity contribution in [2.24, 2.45) is 0 Å². The Kier molecular flexibility index (Phi) is 7.97. The van der Waals surface area contributed by atoms with E-state index in [4.69, 9.17) is 10.00 Å². The number of halogens is 1. The van der Waals surface area contributed by atoms with Crippen LogP contribution in [0.4, 0.5) is 4.39 Å². The lowest BCUT2D eigenvalue weighted by Crippen LogP contribution is -2.30. The van der Waals surface area contributed by atoms with Gasteiger partial charge in [0.1, 0.15) is 6.67 Å². The third-order valence-corrected chi connectivity index (χ3v) is 1.55. The van der Waals surface area contributed by atoms with E-state index in [9.17, 15) is 4.39 Å². The van der Waals surface area contributed by atoms with Crippen LogP contribution < -0.4 is 0 Å². The van der Waals surface area contributed by atoms with Gasteiger partial charge in [-0.2, -0.15) is 5.26 Å². The molecule has 0 aromatic rings. The first-order valence-corrected chi connectivity index (χ1v) is 3.99. The Hall–Kier alpha value is -0.660. The summed E-state index contributed by atoms with van der Waals surface area (Å²) in [6.45, 7) is 1.94. The molecule has 0 atom stereocenters. The van der Waals surface area contributed by atoms with Crippen molar-refractivity contribution in [3.63, 3.8) is 0 Å². The number of nitriles is 1. The molecule has 0 aromatic heterocycles. The molecule has 0 aliphatic rings. The highest BCUT2D eigenvalue weighted by atomic mass is 19.1. The van der Waals surface area contributed by atoms with Gasteiger partial charge in [-0.15, -0.1) is 0 Å². The second-order valence-corrected chi connectivity index (χ2v) is 2.43. The Bertz CT molecular complexity index is 136. The Morgan fingerprint density at radius 3 is 2.67 bits per heavy atom. The smallest absolute Gasteiger partial charge is 0.102 e. The summed E-state index contributed by atoms with van der Waals surface area (Å²) in [6, 6.07) is 2.03. The molecule has 0 aliphatic carbocycles. The van der Waals surface area contributed by atoms with Crippen LogP contribution >= 0.6 is 0 Å². The van der Waals surface area contributed by atoms with Crippen LogP contribution in [0.25, 0.3) is 0 Å². The Balaban J connectivity index is 3.48. The molecule has 70 valence electrons. The van der Waals surface area contributed by atoms with Gasteiger partial charge >= 0.3 is 0 Å². The van der Waals surface area contributed by atoms with Crippen LogP contribution in [-0.4, -0.2) is 44.9 Å². The van der Waals surface area contributed by atoms with Crippen molar-refractivity contribution in [3.05, 3.63) is 0 Å². The summed E-state index contributed by atoms with van der Waals surface area (Å²) in [5.41, 5.74) is 0. The highest BCUT2D eigenvalue weighted by Gasteiger charge is 2.02. The quantitative estimate of drug-likeness (QED) is 0.573. The summed E-state index contributed by atoms with van der Waals surface area (Å²) in [5, 5.41) is 8.31. The van der Waals surface area contributed by atoms with Gasteiger partial charge in [0, 0.05) is 33.2 Å². The standard InChI is InChI=1S/C8H15FN2O/c1-12-8-7-11(6-3-9)5-2-4-10/h2-3,5-8H2,1H3. The van der Waals surface area contributed by atoms with E-state index in [-0.39, 0.29) is 6.67 Å². The van der Waals surface area contributed by atoms with Gasteiger partial charge in [0.15, 0.2) is 0 Å². The van der Waals surface area contributed by atoms with Crippen LogP contribution in [0.3, 0.4) is 0 Å². The summed E-state index contributed by atoms with van der Waals surface area (Å²) in [5.74, 6) is 0. The number of alkyl halides is 1. The predicted octanol–water partition coefficient (Wildman–Crippen LogP) is 0.818. The first kappa shape index (κ1) is 11.3. The number of rotatable bonds is 7. The van der Waals surface area contributed by atoms with Gasteiger partial charge in [0.2, 0.25) is 0 Å². The molecule has 0 rings (SSSR count). The molecule has 0 aliphatic heterocycles. The normalized spacial score (nSPS) is 10.2. The van der Waals surface area contributed by atoms with E-state index in [0.29, 0.717) is 32.7 Å². The Morgan fingerprint density at radius 2 is 2.17 bits per heavy atom. The topological polar surface area (TPSA) is 36.3 Å². The largest absolute Gasteiger partial charge is 0.383 e. The van der Waals surface area contributed by atoms with Crippen LogP contribution in [0.15, 0.2) is 0 Å². The fraction of sp³-hybridized carbons (Fsp3) is 0.875. The van der Waals surface area contributed by atoms with Gasteiger partial charge in [-0.1, -0.05) is 0 Å². The molecule has 0 fully saturated rings. The highest BCUT2D eigenvalue weighted by molar-refractivity contribution is 4.72. The molecule has 0 heterocycles. The lowest BCUT2D eigenvalue weighted by atomic mass is 10.4. The third-order valence-electron chi connectivity index (χ3n) is 1.55. The second kappa shape index (κ2) is 8.44. The average Bonchev–Trinajstić information content (AvgIpc) is 2.10. The van der Waals surface area contributed by atoms with E-state index in [1.807, 2.05) is 11.0 Å². The van der Waals surface area contributed by atoms with Crippen molar-refractivity contribution in [1.82, 2.24) is 4.90 Å². The van der Waals surface area contributed by atoms with Crippen molar-refractivity contribution >= 4 is 0 Å². The predicted molar refractivity (Wildman–Crippen MR) is 44.5 cm³/mol. The van der Waals surface area contributed by atoms with Crippen LogP contribution in [0.1, 0.15) is 6.42 Å². The minimum Gasteiger partial charge on any atom is -0.383 e. The molecule has 0 saturated carbocycles. The highest BCUT2D eigenvalue weighted by Crippen LogP contribution is 1.91. The Labute approximate surface area is 72.7 Å². The molecule has 3 nitrogen and oxygen atoms in total. The summed E-state index contributed by atoms with van der Waals surface area (Å²) < 4.78 is 16.8. The van der Waals surface area contributed by atoms with Gasteiger partial charge < -0.3 is 4.74 Å². The van der Waals surface area contributed by atoms with Gasteiger partial charge in [-0.05, 0) is 0 Å². The summed E-state index contributed by atoms with van der Waals surface area (Å²) >= 11 is 0. The fourth-order valence-electron chi connectivity index (χ4n) is 0.883. The number of hydrogen-bond donors (Lipinski definition) is 0. The van der Waals surface area contributed by atoms with Crippen LogP contribution in [0, 0.1) is 11.3 Å². The molecule has 12 heavy (non-hydrogen) atoms. The van der Waals surface area contributed by atoms with Gasteiger partial charge in [0.25, 0.3) is 0 Å². The molecule has 0 saturated heterocycles. The molecule has 0 spiro atoms. The number of hydrogen-bond acceptors (Lipinski definition) is 3. The second-order valence-electron chi connectivity index (χ2n) is 2.43. The minimum absolute atomic E-state index is 0.366. The fourth-order valence-corrected chi connectivity index (χ4v) is 0.883. The van der Waals surface area contributed by atoms with Gasteiger partial charge in [-0.25, -0.2) is 4.39 Å². The van der Waals surface area contributed by atoms with Crippen molar-refractivity contribution < 1.29 is 9.13 Å². The first-order chi connectivity index (χ1) is 5.85. The van der Waals surface area contributed by atoms with E-state index in [0.717, 1.165) is 0 Å². The van der Waals surface area contributed by atoms with Crippen LogP contribution in [0.5, 0.6) is 0 Å². The molecule has 4 heteroatoms. The van der Waals surface area contributed by atoms with E-state index in [1.165, 1.54) is 0 Å². The zero-order valence-corrected chi connectivity index (χ0v) is 7.42. The maximum absolute atomic E-state index is 11.9. The third kappa shape index (κ3) is 6.08. The summed E-state index contributed by atoms with van der Waals surface area (Å²) in [4.78, 5) is 1.88. The molecular formula is C8H15FN2O. The van der Waals surface area contributed by atoms with E-state index >= 15 is 0 Å². The van der Waals surface area contributed by atoms with Gasteiger partial charge in [0.05, 0.1) is 12.7 Å². The van der Waals surface area contributed by atoms with E-state index in [2.05, 4.69) is 0 Å². The summed E-state index contributed by atoms with van der Waals surface area (Å²) in [6.07, 6.45) is 0.448. The van der Waals surface area contributed by atoms with Crippen molar-refractivity contribution in [1.29, 1.82) is 5.26 Å². The Morgan fingerprint density at radius 1 is 1.42 bits per heavy atom. The maximum atomic E-state index is 11.9. The SMILES string of the molecule is COCCN(CCF)CCC#N. The van der Waals surface area contributed by atoms with Crippen LogP contribution in [-0.2, 0) is 4.74 Å². The lowest BCUT2D eigenvalue weighted by molar-refractivity contribution is 0.144. The minimum atomic E-state index is -0.366. The molecule has 0 bridgehead atoms. The average molecular weight is 174 g/mol. The monoisotopic (exact) mass is 174 g/mol. The molecule has 0 unspecified atom stereocenters. The maximum Gasteiger partial charge on any atom is 0.102 e. The molecule has 0 amide bonds. The zero-order valence-electron chi connectivity index (χ0n) is 7.42. The van der Waals surface area contributed by atoms with Crippen LogP contribution in [0.2, 0.25) is 0 Å². The van der Waals surface area contributed by atoms with Gasteiger partial charge in [-0.3, -0.25) is 4.90 Å². The zero-order chi connectivity index (χ0) is 9.23. The molecule has 0 radical (unpaired) electrons. The molecule has 0 N–H and O–H groups in total. The molecule has 0 aromatic carbocycles. The first-order valence-electron chi connectivity index (χ1n) is 3.99. The number of nitrogens with zero attached hydrogens (tertiary/aromatic N) is 2. The lowest BCUT2D eigenvalue weighted by Gasteiger charge is -2.18. The van der Waals surface area contributed by atoms with E-state index < -0.39 is 0 Å². The van der Waals surface area contributed by atoms with E-state index in [1.54, 1.807) is 7.11 Å².